The molecule has 0 radical (unpaired) electrons. The van der Waals surface area contributed by atoms with Crippen molar-refractivity contribution in [2.24, 2.45) is 0 Å². The zero-order valence-electron chi connectivity index (χ0n) is 14.9. The van der Waals surface area contributed by atoms with Gasteiger partial charge in [-0.1, -0.05) is 24.3 Å². The summed E-state index contributed by atoms with van der Waals surface area (Å²) in [7, 11) is 0. The highest BCUT2D eigenvalue weighted by molar-refractivity contribution is 5.67. The minimum Gasteiger partial charge on any atom is -0.481 e. The van der Waals surface area contributed by atoms with Gasteiger partial charge in [0.15, 0.2) is 0 Å². The fraction of sp³-hybridized carbons (Fsp3) is 0.143. The largest absolute Gasteiger partial charge is 0.481 e. The summed E-state index contributed by atoms with van der Waals surface area (Å²) in [4.78, 5) is 33.8. The number of hydrogen-bond donors (Lipinski definition) is 1. The second-order valence-corrected chi connectivity index (χ2v) is 6.37. The Morgan fingerprint density at radius 2 is 1.64 bits per heavy atom. The lowest BCUT2D eigenvalue weighted by atomic mass is 10.1. The van der Waals surface area contributed by atoms with Crippen molar-refractivity contribution in [2.45, 2.75) is 19.4 Å². The van der Waals surface area contributed by atoms with Crippen molar-refractivity contribution in [3.05, 3.63) is 98.5 Å². The Balaban J connectivity index is 1.80. The summed E-state index contributed by atoms with van der Waals surface area (Å²) in [5.74, 6) is -0.835. The molecule has 2 aromatic carbocycles. The number of carbonyl (C=O) groups is 1. The SMILES string of the molecule is O=C(O)CCc1ccc(Cn2cccc(-c3ccc([N+](=O)[O-])cc3)c2=O)cc1. The van der Waals surface area contributed by atoms with Gasteiger partial charge in [0.25, 0.3) is 11.2 Å². The maximum absolute atomic E-state index is 12.8. The van der Waals surface area contributed by atoms with Gasteiger partial charge in [-0.25, -0.2) is 0 Å². The first kappa shape index (κ1) is 19.0. The molecule has 7 heteroatoms. The molecule has 0 saturated heterocycles. The molecular formula is C21H18N2O5. The maximum atomic E-state index is 12.8. The molecule has 1 heterocycles. The molecule has 1 aromatic heterocycles. The lowest BCUT2D eigenvalue weighted by Crippen LogP contribution is -2.21. The van der Waals surface area contributed by atoms with E-state index in [1.165, 1.54) is 12.1 Å². The zero-order valence-corrected chi connectivity index (χ0v) is 14.9. The topological polar surface area (TPSA) is 102 Å². The third-order valence-corrected chi connectivity index (χ3v) is 4.41. The first-order chi connectivity index (χ1) is 13.4. The van der Waals surface area contributed by atoms with Crippen LogP contribution in [0, 0.1) is 10.1 Å². The summed E-state index contributed by atoms with van der Waals surface area (Å²) in [6, 6.07) is 16.8. The molecule has 28 heavy (non-hydrogen) atoms. The number of aryl methyl sites for hydroxylation is 1. The van der Waals surface area contributed by atoms with Gasteiger partial charge in [-0.05, 0) is 47.4 Å². The minimum atomic E-state index is -0.835. The van der Waals surface area contributed by atoms with Crippen molar-refractivity contribution in [2.75, 3.05) is 0 Å². The molecule has 0 saturated carbocycles. The van der Waals surface area contributed by atoms with Gasteiger partial charge in [0.1, 0.15) is 0 Å². The number of nitrogens with zero attached hydrogens (tertiary/aromatic N) is 2. The predicted molar refractivity (Wildman–Crippen MR) is 104 cm³/mol. The lowest BCUT2D eigenvalue weighted by molar-refractivity contribution is -0.384. The van der Waals surface area contributed by atoms with Crippen LogP contribution in [0.25, 0.3) is 11.1 Å². The van der Waals surface area contributed by atoms with Gasteiger partial charge in [-0.15, -0.1) is 0 Å². The van der Waals surface area contributed by atoms with Crippen molar-refractivity contribution in [3.63, 3.8) is 0 Å². The number of aliphatic carboxylic acids is 1. The maximum Gasteiger partial charge on any atom is 0.303 e. The highest BCUT2D eigenvalue weighted by Crippen LogP contribution is 2.19. The number of benzene rings is 2. The molecule has 0 aliphatic carbocycles. The van der Waals surface area contributed by atoms with Crippen LogP contribution >= 0.6 is 0 Å². The summed E-state index contributed by atoms with van der Waals surface area (Å²) >= 11 is 0. The van der Waals surface area contributed by atoms with Crippen molar-refractivity contribution in [3.8, 4) is 11.1 Å². The number of carboxylic acids is 1. The Morgan fingerprint density at radius 1 is 1.00 bits per heavy atom. The molecule has 3 aromatic rings. The number of carboxylic acid groups (broad SMARTS) is 1. The number of nitro groups is 1. The molecule has 0 unspecified atom stereocenters. The van der Waals surface area contributed by atoms with Gasteiger partial charge >= 0.3 is 5.97 Å². The van der Waals surface area contributed by atoms with Gasteiger partial charge in [0.2, 0.25) is 0 Å². The van der Waals surface area contributed by atoms with Gasteiger partial charge in [-0.2, -0.15) is 0 Å². The minimum absolute atomic E-state index is 0.0250. The second-order valence-electron chi connectivity index (χ2n) is 6.37. The van der Waals surface area contributed by atoms with Crippen LogP contribution in [0.1, 0.15) is 17.5 Å². The standard InChI is InChI=1S/C21H18N2O5/c24-20(25)12-7-15-3-5-16(6-4-15)14-22-13-1-2-19(21(22)26)17-8-10-18(11-9-17)23(27)28/h1-6,8-11,13H,7,12,14H2,(H,24,25). The van der Waals surface area contributed by atoms with Crippen molar-refractivity contribution >= 4 is 11.7 Å². The van der Waals surface area contributed by atoms with Gasteiger partial charge in [0.05, 0.1) is 11.5 Å². The normalized spacial score (nSPS) is 10.6. The van der Waals surface area contributed by atoms with Crippen LogP contribution in [0.5, 0.6) is 0 Å². The molecule has 0 aliphatic rings. The van der Waals surface area contributed by atoms with Crippen LogP contribution in [0.3, 0.4) is 0 Å². The van der Waals surface area contributed by atoms with Crippen LogP contribution < -0.4 is 5.56 Å². The lowest BCUT2D eigenvalue weighted by Gasteiger charge is -2.09. The van der Waals surface area contributed by atoms with E-state index in [1.54, 1.807) is 35.0 Å². The van der Waals surface area contributed by atoms with Gasteiger partial charge in [0, 0.05) is 30.3 Å². The van der Waals surface area contributed by atoms with Gasteiger partial charge < -0.3 is 9.67 Å². The molecule has 0 spiro atoms. The Labute approximate surface area is 160 Å². The van der Waals surface area contributed by atoms with Crippen LogP contribution in [0.2, 0.25) is 0 Å². The molecular weight excluding hydrogens is 360 g/mol. The van der Waals surface area contributed by atoms with Crippen molar-refractivity contribution in [1.29, 1.82) is 0 Å². The molecule has 142 valence electrons. The fourth-order valence-electron chi connectivity index (χ4n) is 2.90. The first-order valence-corrected chi connectivity index (χ1v) is 8.68. The van der Waals surface area contributed by atoms with Crippen LogP contribution in [0.4, 0.5) is 5.69 Å². The highest BCUT2D eigenvalue weighted by atomic mass is 16.6. The van der Waals surface area contributed by atoms with E-state index in [1.807, 2.05) is 24.3 Å². The summed E-state index contributed by atoms with van der Waals surface area (Å²) in [6.45, 7) is 0.374. The molecule has 0 bridgehead atoms. The molecule has 0 aliphatic heterocycles. The first-order valence-electron chi connectivity index (χ1n) is 8.68. The van der Waals surface area contributed by atoms with E-state index in [2.05, 4.69) is 0 Å². The van der Waals surface area contributed by atoms with Crippen LogP contribution in [-0.4, -0.2) is 20.6 Å². The molecule has 0 fully saturated rings. The highest BCUT2D eigenvalue weighted by Gasteiger charge is 2.09. The van der Waals surface area contributed by atoms with E-state index in [0.717, 1.165) is 11.1 Å². The smallest absolute Gasteiger partial charge is 0.303 e. The van der Waals surface area contributed by atoms with E-state index in [0.29, 0.717) is 24.1 Å². The Morgan fingerprint density at radius 3 is 2.25 bits per heavy atom. The zero-order chi connectivity index (χ0) is 20.1. The van der Waals surface area contributed by atoms with Crippen molar-refractivity contribution < 1.29 is 14.8 Å². The summed E-state index contributed by atoms with van der Waals surface area (Å²) in [5, 5.41) is 19.5. The Bertz CT molecular complexity index is 1050. The quantitative estimate of drug-likeness (QED) is 0.501. The summed E-state index contributed by atoms with van der Waals surface area (Å²) < 4.78 is 1.57. The number of aromatic nitrogens is 1. The van der Waals surface area contributed by atoms with Gasteiger partial charge in [-0.3, -0.25) is 19.7 Å². The third-order valence-electron chi connectivity index (χ3n) is 4.41. The molecule has 1 N–H and O–H groups in total. The van der Waals surface area contributed by atoms with Crippen molar-refractivity contribution in [1.82, 2.24) is 4.57 Å². The third kappa shape index (κ3) is 4.50. The average Bonchev–Trinajstić information content (AvgIpc) is 2.69. The molecule has 7 nitrogen and oxygen atoms in total. The predicted octanol–water partition coefficient (Wildman–Crippen LogP) is 3.49. The number of nitro benzene ring substituents is 1. The van der Waals surface area contributed by atoms with E-state index < -0.39 is 10.9 Å². The molecule has 0 amide bonds. The number of non-ortho nitro benzene ring substituents is 1. The number of hydrogen-bond acceptors (Lipinski definition) is 4. The fourth-order valence-corrected chi connectivity index (χ4v) is 2.90. The summed E-state index contributed by atoms with van der Waals surface area (Å²) in [6.07, 6.45) is 2.23. The molecule has 3 rings (SSSR count). The van der Waals surface area contributed by atoms with E-state index in [-0.39, 0.29) is 17.7 Å². The van der Waals surface area contributed by atoms with E-state index in [9.17, 15) is 19.7 Å². The number of rotatable bonds is 7. The Hall–Kier alpha value is -3.74. The molecule has 0 atom stereocenters. The second kappa shape index (κ2) is 8.30. The Kier molecular flexibility index (Phi) is 5.64. The average molecular weight is 378 g/mol. The number of pyridine rings is 1. The summed E-state index contributed by atoms with van der Waals surface area (Å²) in [5.41, 5.74) is 2.72. The monoisotopic (exact) mass is 378 g/mol. The van der Waals surface area contributed by atoms with E-state index in [4.69, 9.17) is 5.11 Å². The van der Waals surface area contributed by atoms with Crippen LogP contribution in [0.15, 0.2) is 71.7 Å². The van der Waals surface area contributed by atoms with E-state index >= 15 is 0 Å². The van der Waals surface area contributed by atoms with Crippen LogP contribution in [-0.2, 0) is 17.8 Å².